The van der Waals surface area contributed by atoms with E-state index in [0.717, 1.165) is 15.6 Å². The van der Waals surface area contributed by atoms with Gasteiger partial charge in [0.1, 0.15) is 0 Å². The topological polar surface area (TPSA) is 29.5 Å². The number of benzene rings is 1. The van der Waals surface area contributed by atoms with Crippen molar-refractivity contribution in [2.45, 2.75) is 39.5 Å². The standard InChI is InChI=1S/C13H19IO2/c1-3-4-5-6-9-16-13-10(2)11(14)7-8-12(13)15/h7-8,15H,3-6,9H2,1-2H3. The number of ether oxygens (including phenoxy) is 1. The molecule has 90 valence electrons. The van der Waals surface area contributed by atoms with Gasteiger partial charge in [0, 0.05) is 9.13 Å². The highest BCUT2D eigenvalue weighted by Gasteiger charge is 2.08. The summed E-state index contributed by atoms with van der Waals surface area (Å²) in [6, 6.07) is 3.59. The first-order valence-electron chi connectivity index (χ1n) is 5.77. The van der Waals surface area contributed by atoms with Gasteiger partial charge in [-0.15, -0.1) is 0 Å². The number of rotatable bonds is 6. The highest BCUT2D eigenvalue weighted by molar-refractivity contribution is 14.1. The molecule has 2 nitrogen and oxygen atoms in total. The smallest absolute Gasteiger partial charge is 0.164 e. The van der Waals surface area contributed by atoms with Crippen molar-refractivity contribution in [2.24, 2.45) is 0 Å². The Morgan fingerprint density at radius 1 is 1.25 bits per heavy atom. The summed E-state index contributed by atoms with van der Waals surface area (Å²) in [6.07, 6.45) is 4.73. The van der Waals surface area contributed by atoms with Crippen LogP contribution in [0.5, 0.6) is 11.5 Å². The quantitative estimate of drug-likeness (QED) is 0.622. The Labute approximate surface area is 111 Å². The summed E-state index contributed by atoms with van der Waals surface area (Å²) in [5, 5.41) is 9.69. The number of hydrogen-bond donors (Lipinski definition) is 1. The normalized spacial score (nSPS) is 10.4. The molecule has 0 atom stereocenters. The summed E-state index contributed by atoms with van der Waals surface area (Å²) < 4.78 is 6.76. The van der Waals surface area contributed by atoms with E-state index in [1.807, 2.05) is 13.0 Å². The maximum Gasteiger partial charge on any atom is 0.164 e. The molecule has 0 fully saturated rings. The number of unbranched alkanes of at least 4 members (excludes halogenated alkanes) is 3. The zero-order chi connectivity index (χ0) is 12.0. The largest absolute Gasteiger partial charge is 0.504 e. The fourth-order valence-corrected chi connectivity index (χ4v) is 1.96. The minimum atomic E-state index is 0.244. The first kappa shape index (κ1) is 13.6. The van der Waals surface area contributed by atoms with Crippen LogP contribution < -0.4 is 4.74 Å². The van der Waals surface area contributed by atoms with E-state index in [0.29, 0.717) is 12.4 Å². The van der Waals surface area contributed by atoms with Crippen LogP contribution in [0.25, 0.3) is 0 Å². The predicted molar refractivity (Wildman–Crippen MR) is 75.2 cm³/mol. The second-order valence-electron chi connectivity index (χ2n) is 3.93. The van der Waals surface area contributed by atoms with E-state index in [9.17, 15) is 5.11 Å². The summed E-state index contributed by atoms with van der Waals surface area (Å²) in [4.78, 5) is 0. The predicted octanol–water partition coefficient (Wildman–Crippen LogP) is 4.26. The van der Waals surface area contributed by atoms with E-state index < -0.39 is 0 Å². The zero-order valence-corrected chi connectivity index (χ0v) is 12.1. The fraction of sp³-hybridized carbons (Fsp3) is 0.538. The molecule has 0 spiro atoms. The van der Waals surface area contributed by atoms with Crippen LogP contribution in [-0.4, -0.2) is 11.7 Å². The third kappa shape index (κ3) is 3.85. The van der Waals surface area contributed by atoms with Crippen LogP contribution in [0.15, 0.2) is 12.1 Å². The molecule has 0 aliphatic carbocycles. The van der Waals surface area contributed by atoms with Crippen molar-refractivity contribution in [3.05, 3.63) is 21.3 Å². The lowest BCUT2D eigenvalue weighted by atomic mass is 10.2. The van der Waals surface area contributed by atoms with E-state index in [2.05, 4.69) is 29.5 Å². The summed E-state index contributed by atoms with van der Waals surface area (Å²) in [5.74, 6) is 0.886. The lowest BCUT2D eigenvalue weighted by molar-refractivity contribution is 0.287. The number of aromatic hydroxyl groups is 1. The van der Waals surface area contributed by atoms with E-state index >= 15 is 0 Å². The third-order valence-corrected chi connectivity index (χ3v) is 3.73. The van der Waals surface area contributed by atoms with Crippen LogP contribution in [-0.2, 0) is 0 Å². The highest BCUT2D eigenvalue weighted by Crippen LogP contribution is 2.32. The Hall–Kier alpha value is -0.450. The molecule has 0 saturated heterocycles. The Kier molecular flexibility index (Phi) is 5.95. The molecule has 0 saturated carbocycles. The summed E-state index contributed by atoms with van der Waals surface area (Å²) >= 11 is 2.25. The summed E-state index contributed by atoms with van der Waals surface area (Å²) in [5.41, 5.74) is 1.02. The molecule has 0 bridgehead atoms. The molecule has 0 aromatic heterocycles. The van der Waals surface area contributed by atoms with Crippen molar-refractivity contribution in [2.75, 3.05) is 6.61 Å². The van der Waals surface area contributed by atoms with Crippen molar-refractivity contribution < 1.29 is 9.84 Å². The van der Waals surface area contributed by atoms with Crippen molar-refractivity contribution in [1.29, 1.82) is 0 Å². The first-order valence-corrected chi connectivity index (χ1v) is 6.85. The van der Waals surface area contributed by atoms with Gasteiger partial charge in [-0.1, -0.05) is 26.2 Å². The third-order valence-electron chi connectivity index (χ3n) is 2.56. The lowest BCUT2D eigenvalue weighted by Crippen LogP contribution is -2.00. The van der Waals surface area contributed by atoms with Crippen molar-refractivity contribution in [1.82, 2.24) is 0 Å². The number of phenolic OH excluding ortho intramolecular Hbond substituents is 1. The van der Waals surface area contributed by atoms with Crippen molar-refractivity contribution in [3.8, 4) is 11.5 Å². The van der Waals surface area contributed by atoms with Crippen LogP contribution >= 0.6 is 22.6 Å². The van der Waals surface area contributed by atoms with E-state index in [-0.39, 0.29) is 5.75 Å². The Bertz CT molecular complexity index is 337. The zero-order valence-electron chi connectivity index (χ0n) is 9.92. The van der Waals surface area contributed by atoms with Crippen LogP contribution in [0, 0.1) is 10.5 Å². The summed E-state index contributed by atoms with van der Waals surface area (Å²) in [7, 11) is 0. The van der Waals surface area contributed by atoms with Crippen LogP contribution in [0.3, 0.4) is 0 Å². The van der Waals surface area contributed by atoms with Gasteiger partial charge in [-0.2, -0.15) is 0 Å². The Morgan fingerprint density at radius 3 is 2.69 bits per heavy atom. The van der Waals surface area contributed by atoms with Crippen molar-refractivity contribution in [3.63, 3.8) is 0 Å². The van der Waals surface area contributed by atoms with E-state index in [1.165, 1.54) is 19.3 Å². The summed E-state index contributed by atoms with van der Waals surface area (Å²) in [6.45, 7) is 4.85. The van der Waals surface area contributed by atoms with E-state index in [1.54, 1.807) is 6.07 Å². The molecule has 0 radical (unpaired) electrons. The van der Waals surface area contributed by atoms with E-state index in [4.69, 9.17) is 4.74 Å². The van der Waals surface area contributed by atoms with Crippen LogP contribution in [0.2, 0.25) is 0 Å². The minimum Gasteiger partial charge on any atom is -0.504 e. The molecule has 0 unspecified atom stereocenters. The van der Waals surface area contributed by atoms with Crippen molar-refractivity contribution >= 4 is 22.6 Å². The SMILES string of the molecule is CCCCCCOc1c(O)ccc(I)c1C. The van der Waals surface area contributed by atoms with Gasteiger partial charge in [-0.3, -0.25) is 0 Å². The van der Waals surface area contributed by atoms with Gasteiger partial charge in [-0.25, -0.2) is 0 Å². The second kappa shape index (κ2) is 6.99. The number of phenols is 1. The number of halogens is 1. The molecule has 0 heterocycles. The molecular weight excluding hydrogens is 315 g/mol. The van der Waals surface area contributed by atoms with Gasteiger partial charge < -0.3 is 9.84 Å². The molecule has 1 aromatic carbocycles. The monoisotopic (exact) mass is 334 g/mol. The molecular formula is C13H19IO2. The molecule has 1 rings (SSSR count). The van der Waals surface area contributed by atoms with Gasteiger partial charge in [0.05, 0.1) is 6.61 Å². The average Bonchev–Trinajstić information content (AvgIpc) is 2.28. The maximum atomic E-state index is 9.69. The van der Waals surface area contributed by atoms with Gasteiger partial charge in [0.25, 0.3) is 0 Å². The number of hydrogen-bond acceptors (Lipinski definition) is 2. The molecule has 1 N–H and O–H groups in total. The molecule has 16 heavy (non-hydrogen) atoms. The highest BCUT2D eigenvalue weighted by atomic mass is 127. The fourth-order valence-electron chi connectivity index (χ4n) is 1.54. The average molecular weight is 334 g/mol. The maximum absolute atomic E-state index is 9.69. The minimum absolute atomic E-state index is 0.244. The van der Waals surface area contributed by atoms with Gasteiger partial charge in [-0.05, 0) is 48.1 Å². The van der Waals surface area contributed by atoms with Crippen LogP contribution in [0.4, 0.5) is 0 Å². The molecule has 1 aromatic rings. The second-order valence-corrected chi connectivity index (χ2v) is 5.09. The molecule has 3 heteroatoms. The van der Waals surface area contributed by atoms with Gasteiger partial charge in [0.2, 0.25) is 0 Å². The molecule has 0 amide bonds. The van der Waals surface area contributed by atoms with Gasteiger partial charge in [0.15, 0.2) is 11.5 Å². The van der Waals surface area contributed by atoms with Gasteiger partial charge >= 0.3 is 0 Å². The first-order chi connectivity index (χ1) is 7.66. The van der Waals surface area contributed by atoms with Crippen LogP contribution in [0.1, 0.15) is 38.2 Å². The Morgan fingerprint density at radius 2 is 2.00 bits per heavy atom. The molecule has 0 aliphatic heterocycles. The lowest BCUT2D eigenvalue weighted by Gasteiger charge is -2.11. The molecule has 0 aliphatic rings. The Balaban J connectivity index is 2.50.